The van der Waals surface area contributed by atoms with Gasteiger partial charge in [0.1, 0.15) is 6.61 Å². The molecule has 0 spiro atoms. The maximum absolute atomic E-state index is 6.55. The first-order chi connectivity index (χ1) is 14.7. The molecule has 0 amide bonds. The smallest absolute Gasteiger partial charge is 0.180 e. The van der Waals surface area contributed by atoms with Gasteiger partial charge in [-0.1, -0.05) is 41.4 Å². The van der Waals surface area contributed by atoms with Gasteiger partial charge in [0.05, 0.1) is 24.8 Å². The number of ether oxygens (including phenoxy) is 3. The van der Waals surface area contributed by atoms with Crippen molar-refractivity contribution in [3.63, 3.8) is 0 Å². The Labute approximate surface area is 185 Å². The SMILES string of the molecule is CCOc1cc(CNCCCN2CCOCC2)cc(Cl)c1OCc1ccc(C)cc1. The Morgan fingerprint density at radius 3 is 2.57 bits per heavy atom. The average Bonchev–Trinajstić information content (AvgIpc) is 2.75. The zero-order valence-electron chi connectivity index (χ0n) is 18.1. The van der Waals surface area contributed by atoms with Crippen LogP contribution in [0.15, 0.2) is 36.4 Å². The van der Waals surface area contributed by atoms with E-state index in [1.54, 1.807) is 0 Å². The number of morpholine rings is 1. The van der Waals surface area contributed by atoms with Crippen LogP contribution in [-0.4, -0.2) is 50.9 Å². The molecular formula is C24H33ClN2O3. The molecule has 0 unspecified atom stereocenters. The molecule has 6 heteroatoms. The normalized spacial score (nSPS) is 14.6. The maximum atomic E-state index is 6.55. The molecule has 0 aromatic heterocycles. The summed E-state index contributed by atoms with van der Waals surface area (Å²) in [6.07, 6.45) is 1.11. The van der Waals surface area contributed by atoms with E-state index < -0.39 is 0 Å². The average molecular weight is 433 g/mol. The van der Waals surface area contributed by atoms with Gasteiger partial charge in [-0.3, -0.25) is 4.90 Å². The molecule has 0 aliphatic carbocycles. The monoisotopic (exact) mass is 432 g/mol. The van der Waals surface area contributed by atoms with E-state index in [2.05, 4.69) is 41.4 Å². The van der Waals surface area contributed by atoms with Gasteiger partial charge in [-0.2, -0.15) is 0 Å². The summed E-state index contributed by atoms with van der Waals surface area (Å²) >= 11 is 6.55. The van der Waals surface area contributed by atoms with Crippen LogP contribution in [0.5, 0.6) is 11.5 Å². The molecule has 0 radical (unpaired) electrons. The Morgan fingerprint density at radius 1 is 1.07 bits per heavy atom. The van der Waals surface area contributed by atoms with Crippen LogP contribution in [0.3, 0.4) is 0 Å². The van der Waals surface area contributed by atoms with Crippen LogP contribution >= 0.6 is 11.6 Å². The minimum absolute atomic E-state index is 0.458. The number of nitrogens with one attached hydrogen (secondary N) is 1. The van der Waals surface area contributed by atoms with Gasteiger partial charge < -0.3 is 19.5 Å². The fourth-order valence-electron chi connectivity index (χ4n) is 3.45. The standard InChI is InChI=1S/C24H33ClN2O3/c1-3-29-23-16-21(17-26-9-4-10-27-11-13-28-14-12-27)15-22(25)24(23)30-18-20-7-5-19(2)6-8-20/h5-8,15-16,26H,3-4,9-14,17-18H2,1-2H3. The number of hydrogen-bond donors (Lipinski definition) is 1. The quantitative estimate of drug-likeness (QED) is 0.532. The predicted molar refractivity (Wildman–Crippen MR) is 122 cm³/mol. The molecule has 3 rings (SSSR count). The summed E-state index contributed by atoms with van der Waals surface area (Å²) in [6.45, 7) is 11.7. The lowest BCUT2D eigenvalue weighted by Crippen LogP contribution is -2.37. The van der Waals surface area contributed by atoms with Crippen molar-refractivity contribution in [3.05, 3.63) is 58.1 Å². The van der Waals surface area contributed by atoms with E-state index in [1.165, 1.54) is 5.56 Å². The summed E-state index contributed by atoms with van der Waals surface area (Å²) in [7, 11) is 0. The van der Waals surface area contributed by atoms with Crippen LogP contribution in [0.25, 0.3) is 0 Å². The number of aryl methyl sites for hydroxylation is 1. The van der Waals surface area contributed by atoms with Gasteiger partial charge in [-0.25, -0.2) is 0 Å². The lowest BCUT2D eigenvalue weighted by Gasteiger charge is -2.26. The van der Waals surface area contributed by atoms with Gasteiger partial charge >= 0.3 is 0 Å². The minimum atomic E-state index is 0.458. The molecular weight excluding hydrogens is 400 g/mol. The molecule has 1 heterocycles. The summed E-state index contributed by atoms with van der Waals surface area (Å²) < 4.78 is 17.2. The summed E-state index contributed by atoms with van der Waals surface area (Å²) in [5.74, 6) is 1.30. The van der Waals surface area contributed by atoms with Gasteiger partial charge in [-0.05, 0) is 56.6 Å². The number of hydrogen-bond acceptors (Lipinski definition) is 5. The van der Waals surface area contributed by atoms with Crippen LogP contribution in [0.4, 0.5) is 0 Å². The van der Waals surface area contributed by atoms with Gasteiger partial charge in [0.25, 0.3) is 0 Å². The predicted octanol–water partition coefficient (Wildman–Crippen LogP) is 4.44. The number of halogens is 1. The van der Waals surface area contributed by atoms with Crippen molar-refractivity contribution in [1.82, 2.24) is 10.2 Å². The van der Waals surface area contributed by atoms with Crippen molar-refractivity contribution in [2.75, 3.05) is 46.0 Å². The molecule has 1 aliphatic heterocycles. The molecule has 1 saturated heterocycles. The van der Waals surface area contributed by atoms with Crippen LogP contribution in [0.1, 0.15) is 30.0 Å². The van der Waals surface area contributed by atoms with Gasteiger partial charge in [0, 0.05) is 19.6 Å². The molecule has 1 fully saturated rings. The second-order valence-corrected chi connectivity index (χ2v) is 8.00. The molecule has 30 heavy (non-hydrogen) atoms. The van der Waals surface area contributed by atoms with Crippen LogP contribution in [0, 0.1) is 6.92 Å². The third-order valence-corrected chi connectivity index (χ3v) is 5.41. The fourth-order valence-corrected chi connectivity index (χ4v) is 3.74. The Balaban J connectivity index is 1.52. The zero-order chi connectivity index (χ0) is 21.2. The molecule has 5 nitrogen and oxygen atoms in total. The molecule has 0 bridgehead atoms. The highest BCUT2D eigenvalue weighted by Gasteiger charge is 2.13. The molecule has 0 saturated carbocycles. The first-order valence-electron chi connectivity index (χ1n) is 10.8. The number of benzene rings is 2. The highest BCUT2D eigenvalue weighted by atomic mass is 35.5. The topological polar surface area (TPSA) is 43.0 Å². The molecule has 1 aliphatic rings. The van der Waals surface area contributed by atoms with E-state index in [0.717, 1.165) is 63.5 Å². The third kappa shape index (κ3) is 7.17. The second kappa shape index (κ2) is 12.2. The van der Waals surface area contributed by atoms with Crippen LogP contribution in [-0.2, 0) is 17.9 Å². The van der Waals surface area contributed by atoms with Gasteiger partial charge in [-0.15, -0.1) is 0 Å². The lowest BCUT2D eigenvalue weighted by molar-refractivity contribution is 0.0374. The Morgan fingerprint density at radius 2 is 1.83 bits per heavy atom. The van der Waals surface area contributed by atoms with Crippen molar-refractivity contribution in [3.8, 4) is 11.5 Å². The second-order valence-electron chi connectivity index (χ2n) is 7.60. The van der Waals surface area contributed by atoms with Crippen molar-refractivity contribution < 1.29 is 14.2 Å². The molecule has 0 atom stereocenters. The molecule has 164 valence electrons. The Bertz CT molecular complexity index is 777. The largest absolute Gasteiger partial charge is 0.490 e. The van der Waals surface area contributed by atoms with Crippen molar-refractivity contribution in [2.24, 2.45) is 0 Å². The summed E-state index contributed by atoms with van der Waals surface area (Å²) in [6, 6.07) is 12.3. The van der Waals surface area contributed by atoms with E-state index in [0.29, 0.717) is 29.7 Å². The molecule has 2 aromatic carbocycles. The van der Waals surface area contributed by atoms with Crippen LogP contribution in [0.2, 0.25) is 5.02 Å². The first kappa shape index (κ1) is 22.9. The fraction of sp³-hybridized carbons (Fsp3) is 0.500. The Kier molecular flexibility index (Phi) is 9.27. The molecule has 2 aromatic rings. The highest BCUT2D eigenvalue weighted by molar-refractivity contribution is 6.32. The summed E-state index contributed by atoms with van der Waals surface area (Å²) in [5.41, 5.74) is 3.43. The van der Waals surface area contributed by atoms with E-state index in [9.17, 15) is 0 Å². The maximum Gasteiger partial charge on any atom is 0.180 e. The summed E-state index contributed by atoms with van der Waals surface area (Å²) in [5, 5.41) is 4.09. The summed E-state index contributed by atoms with van der Waals surface area (Å²) in [4.78, 5) is 2.45. The lowest BCUT2D eigenvalue weighted by atomic mass is 10.1. The number of nitrogens with zero attached hydrogens (tertiary/aromatic N) is 1. The first-order valence-corrected chi connectivity index (χ1v) is 11.2. The van der Waals surface area contributed by atoms with E-state index in [-0.39, 0.29) is 0 Å². The van der Waals surface area contributed by atoms with E-state index >= 15 is 0 Å². The number of rotatable bonds is 11. The Hall–Kier alpha value is -1.79. The highest BCUT2D eigenvalue weighted by Crippen LogP contribution is 2.37. The van der Waals surface area contributed by atoms with Crippen LogP contribution < -0.4 is 14.8 Å². The van der Waals surface area contributed by atoms with E-state index in [1.807, 2.05) is 19.1 Å². The van der Waals surface area contributed by atoms with E-state index in [4.69, 9.17) is 25.8 Å². The van der Waals surface area contributed by atoms with Crippen molar-refractivity contribution in [1.29, 1.82) is 0 Å². The van der Waals surface area contributed by atoms with Crippen molar-refractivity contribution >= 4 is 11.6 Å². The zero-order valence-corrected chi connectivity index (χ0v) is 18.8. The van der Waals surface area contributed by atoms with Gasteiger partial charge in [0.15, 0.2) is 11.5 Å². The van der Waals surface area contributed by atoms with Gasteiger partial charge in [0.2, 0.25) is 0 Å². The minimum Gasteiger partial charge on any atom is -0.490 e. The molecule has 1 N–H and O–H groups in total. The van der Waals surface area contributed by atoms with Crippen molar-refractivity contribution in [2.45, 2.75) is 33.4 Å². The third-order valence-electron chi connectivity index (χ3n) is 5.13.